The molecule has 0 aliphatic carbocycles. The molecule has 1 aromatic heterocycles. The van der Waals surface area contributed by atoms with Crippen molar-refractivity contribution in [1.29, 1.82) is 0 Å². The van der Waals surface area contributed by atoms with Crippen molar-refractivity contribution in [1.82, 2.24) is 20.0 Å². The fraction of sp³-hybridized carbons (Fsp3) is 0.474. The molecule has 26 heavy (non-hydrogen) atoms. The molecule has 1 aliphatic rings. The predicted octanol–water partition coefficient (Wildman–Crippen LogP) is 1.63. The largest absolute Gasteiger partial charge is 0.496 e. The number of carbonyl (C=O) groups is 1. The average molecular weight is 357 g/mol. The van der Waals surface area contributed by atoms with Crippen LogP contribution < -0.4 is 15.4 Å². The minimum Gasteiger partial charge on any atom is -0.496 e. The van der Waals surface area contributed by atoms with Crippen LogP contribution in [0.1, 0.15) is 23.0 Å². The number of aromatic nitrogens is 2. The number of nitrogens with zero attached hydrogens (tertiary/aromatic N) is 3. The van der Waals surface area contributed by atoms with Gasteiger partial charge in [0.15, 0.2) is 0 Å². The Bertz CT molecular complexity index is 786. The van der Waals surface area contributed by atoms with Crippen molar-refractivity contribution >= 4 is 11.6 Å². The lowest BCUT2D eigenvalue weighted by Crippen LogP contribution is -2.48. The molecule has 7 heteroatoms. The zero-order chi connectivity index (χ0) is 18.7. The summed E-state index contributed by atoms with van der Waals surface area (Å²) in [6.07, 6.45) is 0. The van der Waals surface area contributed by atoms with E-state index in [9.17, 15) is 4.79 Å². The van der Waals surface area contributed by atoms with Crippen molar-refractivity contribution in [2.24, 2.45) is 7.05 Å². The molecule has 1 fully saturated rings. The molecule has 0 bridgehead atoms. The second-order valence-corrected chi connectivity index (χ2v) is 6.65. The van der Waals surface area contributed by atoms with E-state index < -0.39 is 0 Å². The third kappa shape index (κ3) is 3.73. The van der Waals surface area contributed by atoms with E-state index in [4.69, 9.17) is 4.74 Å². The van der Waals surface area contributed by atoms with Crippen molar-refractivity contribution in [3.05, 3.63) is 41.2 Å². The predicted molar refractivity (Wildman–Crippen MR) is 101 cm³/mol. The lowest BCUT2D eigenvalue weighted by Gasteiger charge is -2.36. The average Bonchev–Trinajstić information content (AvgIpc) is 2.88. The zero-order valence-corrected chi connectivity index (χ0v) is 15.9. The molecule has 2 heterocycles. The van der Waals surface area contributed by atoms with Gasteiger partial charge < -0.3 is 15.4 Å². The molecular weight excluding hydrogens is 330 g/mol. The van der Waals surface area contributed by atoms with Gasteiger partial charge in [0.1, 0.15) is 5.75 Å². The van der Waals surface area contributed by atoms with Gasteiger partial charge in [-0.05, 0) is 19.9 Å². The smallest absolute Gasteiger partial charge is 0.238 e. The standard InChI is InChI=1S/C19H27N5O2/c1-13-19(14(2)23(3)22-13)21-18(25)12-24-10-9-20-11-16(24)15-7-5-6-8-17(15)26-4/h5-8,16,20H,9-12H2,1-4H3,(H,21,25). The van der Waals surface area contributed by atoms with Crippen molar-refractivity contribution < 1.29 is 9.53 Å². The van der Waals surface area contributed by atoms with Crippen molar-refractivity contribution in [3.63, 3.8) is 0 Å². The van der Waals surface area contributed by atoms with Crippen LogP contribution in [-0.2, 0) is 11.8 Å². The second-order valence-electron chi connectivity index (χ2n) is 6.65. The van der Waals surface area contributed by atoms with Crippen LogP contribution in [0.2, 0.25) is 0 Å². The molecule has 1 aromatic carbocycles. The number of anilines is 1. The van der Waals surface area contributed by atoms with Crippen LogP contribution in [0.5, 0.6) is 5.75 Å². The highest BCUT2D eigenvalue weighted by atomic mass is 16.5. The number of amides is 1. The Balaban J connectivity index is 1.75. The molecule has 7 nitrogen and oxygen atoms in total. The summed E-state index contributed by atoms with van der Waals surface area (Å²) in [6.45, 7) is 6.66. The summed E-state index contributed by atoms with van der Waals surface area (Å²) in [4.78, 5) is 14.9. The third-order valence-electron chi connectivity index (χ3n) is 4.97. The first-order chi connectivity index (χ1) is 12.5. The number of rotatable bonds is 5. The molecule has 2 N–H and O–H groups in total. The molecule has 3 rings (SSSR count). The van der Waals surface area contributed by atoms with Crippen molar-refractivity contribution in [2.45, 2.75) is 19.9 Å². The van der Waals surface area contributed by atoms with Crippen LogP contribution in [0.3, 0.4) is 0 Å². The highest BCUT2D eigenvalue weighted by Crippen LogP contribution is 2.30. The highest BCUT2D eigenvalue weighted by Gasteiger charge is 2.28. The minimum absolute atomic E-state index is 0.0222. The van der Waals surface area contributed by atoms with Gasteiger partial charge in [-0.3, -0.25) is 14.4 Å². The SMILES string of the molecule is COc1ccccc1C1CNCCN1CC(=O)Nc1c(C)nn(C)c1C. The summed E-state index contributed by atoms with van der Waals surface area (Å²) in [6, 6.07) is 8.10. The van der Waals surface area contributed by atoms with E-state index >= 15 is 0 Å². The Morgan fingerprint density at radius 1 is 1.38 bits per heavy atom. The Hall–Kier alpha value is -2.38. The summed E-state index contributed by atoms with van der Waals surface area (Å²) >= 11 is 0. The van der Waals surface area contributed by atoms with Crippen LogP contribution in [0.25, 0.3) is 0 Å². The number of aryl methyl sites for hydroxylation is 2. The van der Waals surface area contributed by atoms with Gasteiger partial charge in [-0.25, -0.2) is 0 Å². The number of hydrogen-bond acceptors (Lipinski definition) is 5. The van der Waals surface area contributed by atoms with E-state index in [-0.39, 0.29) is 11.9 Å². The minimum atomic E-state index is -0.0222. The lowest BCUT2D eigenvalue weighted by molar-refractivity contribution is -0.118. The van der Waals surface area contributed by atoms with Gasteiger partial charge in [-0.2, -0.15) is 5.10 Å². The van der Waals surface area contributed by atoms with E-state index in [1.54, 1.807) is 11.8 Å². The molecule has 1 saturated heterocycles. The number of methoxy groups -OCH3 is 1. The summed E-state index contributed by atoms with van der Waals surface area (Å²) in [5.41, 5.74) is 3.70. The molecule has 1 unspecified atom stereocenters. The molecular formula is C19H27N5O2. The second kappa shape index (κ2) is 7.88. The molecule has 0 radical (unpaired) electrons. The first-order valence-corrected chi connectivity index (χ1v) is 8.89. The van der Waals surface area contributed by atoms with Gasteiger partial charge >= 0.3 is 0 Å². The number of piperazine rings is 1. The number of benzene rings is 1. The quantitative estimate of drug-likeness (QED) is 0.851. The Labute approximate surface area is 154 Å². The van der Waals surface area contributed by atoms with Crippen LogP contribution >= 0.6 is 0 Å². The van der Waals surface area contributed by atoms with Crippen LogP contribution in [-0.4, -0.2) is 53.9 Å². The highest BCUT2D eigenvalue weighted by molar-refractivity contribution is 5.93. The molecule has 1 aliphatic heterocycles. The number of hydrogen-bond donors (Lipinski definition) is 2. The number of para-hydroxylation sites is 1. The van der Waals surface area contributed by atoms with Crippen molar-refractivity contribution in [2.75, 3.05) is 38.6 Å². The topological polar surface area (TPSA) is 71.4 Å². The fourth-order valence-electron chi connectivity index (χ4n) is 3.50. The summed E-state index contributed by atoms with van der Waals surface area (Å²) < 4.78 is 7.30. The monoisotopic (exact) mass is 357 g/mol. The molecule has 0 saturated carbocycles. The number of nitrogens with one attached hydrogen (secondary N) is 2. The van der Waals surface area contributed by atoms with E-state index in [0.29, 0.717) is 6.54 Å². The Kier molecular flexibility index (Phi) is 5.58. The lowest BCUT2D eigenvalue weighted by atomic mass is 10.0. The maximum atomic E-state index is 12.7. The van der Waals surface area contributed by atoms with Crippen LogP contribution in [0.15, 0.2) is 24.3 Å². The Morgan fingerprint density at radius 2 is 2.15 bits per heavy atom. The first-order valence-electron chi connectivity index (χ1n) is 8.89. The van der Waals surface area contributed by atoms with Gasteiger partial charge in [0, 0.05) is 32.2 Å². The van der Waals surface area contributed by atoms with E-state index in [2.05, 4.69) is 26.7 Å². The van der Waals surface area contributed by atoms with Gasteiger partial charge in [-0.1, -0.05) is 18.2 Å². The van der Waals surface area contributed by atoms with Crippen LogP contribution in [0, 0.1) is 13.8 Å². The van der Waals surface area contributed by atoms with E-state index in [1.165, 1.54) is 0 Å². The third-order valence-corrected chi connectivity index (χ3v) is 4.97. The van der Waals surface area contributed by atoms with Gasteiger partial charge in [0.2, 0.25) is 5.91 Å². The molecule has 2 aromatic rings. The summed E-state index contributed by atoms with van der Waals surface area (Å²) in [7, 11) is 3.56. The number of ether oxygens (including phenoxy) is 1. The van der Waals surface area contributed by atoms with Gasteiger partial charge in [-0.15, -0.1) is 0 Å². The first kappa shape index (κ1) is 18.4. The molecule has 1 atom stereocenters. The Morgan fingerprint density at radius 3 is 2.85 bits per heavy atom. The molecule has 140 valence electrons. The normalized spacial score (nSPS) is 17.9. The number of carbonyl (C=O) groups excluding carboxylic acids is 1. The maximum absolute atomic E-state index is 12.7. The van der Waals surface area contributed by atoms with Gasteiger partial charge in [0.05, 0.1) is 36.8 Å². The van der Waals surface area contributed by atoms with Crippen molar-refractivity contribution in [3.8, 4) is 5.75 Å². The molecule has 1 amide bonds. The summed E-state index contributed by atoms with van der Waals surface area (Å²) in [5, 5.41) is 10.8. The van der Waals surface area contributed by atoms with Gasteiger partial charge in [0.25, 0.3) is 0 Å². The maximum Gasteiger partial charge on any atom is 0.238 e. The molecule has 0 spiro atoms. The van der Waals surface area contributed by atoms with E-state index in [0.717, 1.165) is 48.0 Å². The summed E-state index contributed by atoms with van der Waals surface area (Å²) in [5.74, 6) is 0.830. The van der Waals surface area contributed by atoms with E-state index in [1.807, 2.05) is 39.1 Å². The fourth-order valence-corrected chi connectivity index (χ4v) is 3.50. The zero-order valence-electron chi connectivity index (χ0n) is 15.9. The van der Waals surface area contributed by atoms with Crippen LogP contribution in [0.4, 0.5) is 5.69 Å².